The Labute approximate surface area is 148 Å². The van der Waals surface area contributed by atoms with E-state index in [9.17, 15) is 13.2 Å². The summed E-state index contributed by atoms with van der Waals surface area (Å²) in [6.07, 6.45) is 4.45. The first-order valence-corrected chi connectivity index (χ1v) is 11.4. The molecule has 0 spiro atoms. The molecule has 2 aliphatic heterocycles. The molecule has 1 aromatic rings. The van der Waals surface area contributed by atoms with E-state index in [1.807, 2.05) is 12.1 Å². The Kier molecular flexibility index (Phi) is 5.71. The maximum Gasteiger partial charge on any atom is 0.234 e. The van der Waals surface area contributed by atoms with Gasteiger partial charge in [0.1, 0.15) is 0 Å². The summed E-state index contributed by atoms with van der Waals surface area (Å²) in [4.78, 5) is 14.4. The number of carbonyl (C=O) groups is 1. The third-order valence-corrected chi connectivity index (χ3v) is 7.79. The molecule has 5 nitrogen and oxygen atoms in total. The molecule has 1 aromatic carbocycles. The van der Waals surface area contributed by atoms with Crippen LogP contribution >= 0.6 is 11.8 Å². The minimum absolute atomic E-state index is 0.0576. The van der Waals surface area contributed by atoms with Gasteiger partial charge in [0.15, 0.2) is 9.84 Å². The van der Waals surface area contributed by atoms with Crippen LogP contribution in [-0.4, -0.2) is 49.9 Å². The van der Waals surface area contributed by atoms with Gasteiger partial charge in [0.25, 0.3) is 0 Å². The Morgan fingerprint density at radius 1 is 1.17 bits per heavy atom. The first kappa shape index (κ1) is 17.6. The summed E-state index contributed by atoms with van der Waals surface area (Å²) in [5.74, 6) is 0.684. The van der Waals surface area contributed by atoms with Crippen LogP contribution in [0.4, 0.5) is 11.4 Å². The van der Waals surface area contributed by atoms with Gasteiger partial charge in [-0.25, -0.2) is 8.42 Å². The zero-order valence-electron chi connectivity index (χ0n) is 13.7. The Balaban J connectivity index is 1.46. The van der Waals surface area contributed by atoms with E-state index in [0.717, 1.165) is 18.8 Å². The van der Waals surface area contributed by atoms with Gasteiger partial charge in [-0.3, -0.25) is 4.79 Å². The van der Waals surface area contributed by atoms with Crippen LogP contribution < -0.4 is 10.2 Å². The van der Waals surface area contributed by atoms with Crippen molar-refractivity contribution in [3.8, 4) is 0 Å². The van der Waals surface area contributed by atoms with Gasteiger partial charge in [-0.15, -0.1) is 11.8 Å². The molecule has 0 unspecified atom stereocenters. The van der Waals surface area contributed by atoms with E-state index in [4.69, 9.17) is 0 Å². The summed E-state index contributed by atoms with van der Waals surface area (Å²) in [6, 6.07) is 7.98. The standard InChI is InChI=1S/C17H24N2O3S2/c20-17(12-23-16-8-11-24(21,22)13-16)18-14-4-6-15(7-5-14)19-9-2-1-3-10-19/h4-7,16H,1-3,8-13H2,(H,18,20)/t16-/m1/s1. The normalized spacial score (nSPS) is 23.2. The van der Waals surface area contributed by atoms with Gasteiger partial charge in [0, 0.05) is 29.7 Å². The summed E-state index contributed by atoms with van der Waals surface area (Å²) in [5, 5.41) is 2.95. The molecule has 2 fully saturated rings. The van der Waals surface area contributed by atoms with Crippen molar-refractivity contribution >= 4 is 38.9 Å². The van der Waals surface area contributed by atoms with Crippen LogP contribution in [0.15, 0.2) is 24.3 Å². The molecule has 24 heavy (non-hydrogen) atoms. The molecule has 0 bridgehead atoms. The molecular weight excluding hydrogens is 344 g/mol. The van der Waals surface area contributed by atoms with Gasteiger partial charge in [-0.1, -0.05) is 0 Å². The molecule has 132 valence electrons. The second kappa shape index (κ2) is 7.78. The monoisotopic (exact) mass is 368 g/mol. The van der Waals surface area contributed by atoms with Gasteiger partial charge in [0.05, 0.1) is 17.3 Å². The van der Waals surface area contributed by atoms with Crippen molar-refractivity contribution in [2.45, 2.75) is 30.9 Å². The number of benzene rings is 1. The maximum atomic E-state index is 12.0. The van der Waals surface area contributed by atoms with Crippen LogP contribution in [0.2, 0.25) is 0 Å². The molecule has 0 aliphatic carbocycles. The average Bonchev–Trinajstić information content (AvgIpc) is 2.94. The highest BCUT2D eigenvalue weighted by atomic mass is 32.2. The molecule has 2 saturated heterocycles. The highest BCUT2D eigenvalue weighted by molar-refractivity contribution is 8.02. The van der Waals surface area contributed by atoms with E-state index < -0.39 is 9.84 Å². The smallest absolute Gasteiger partial charge is 0.234 e. The second-order valence-electron chi connectivity index (χ2n) is 6.48. The fourth-order valence-corrected chi connectivity index (χ4v) is 6.63. The number of thioether (sulfide) groups is 1. The molecule has 0 radical (unpaired) electrons. The topological polar surface area (TPSA) is 66.5 Å². The number of rotatable bonds is 5. The number of amides is 1. The van der Waals surface area contributed by atoms with Crippen molar-refractivity contribution in [3.63, 3.8) is 0 Å². The molecule has 2 aliphatic rings. The fourth-order valence-electron chi connectivity index (χ4n) is 3.19. The van der Waals surface area contributed by atoms with Crippen LogP contribution in [0.5, 0.6) is 0 Å². The highest BCUT2D eigenvalue weighted by Crippen LogP contribution is 2.25. The Morgan fingerprint density at radius 3 is 2.50 bits per heavy atom. The molecule has 7 heteroatoms. The third-order valence-electron chi connectivity index (χ3n) is 4.51. The van der Waals surface area contributed by atoms with Crippen LogP contribution in [0, 0.1) is 0 Å². The lowest BCUT2D eigenvalue weighted by molar-refractivity contribution is -0.113. The van der Waals surface area contributed by atoms with Crippen molar-refractivity contribution in [1.82, 2.24) is 0 Å². The lowest BCUT2D eigenvalue weighted by atomic mass is 10.1. The molecule has 0 saturated carbocycles. The van der Waals surface area contributed by atoms with Gasteiger partial charge in [-0.05, 0) is 49.9 Å². The maximum absolute atomic E-state index is 12.0. The van der Waals surface area contributed by atoms with Crippen LogP contribution in [0.3, 0.4) is 0 Å². The Bertz CT molecular complexity index is 668. The average molecular weight is 369 g/mol. The van der Waals surface area contributed by atoms with Gasteiger partial charge in [0.2, 0.25) is 5.91 Å². The largest absolute Gasteiger partial charge is 0.372 e. The predicted molar refractivity (Wildman–Crippen MR) is 101 cm³/mol. The first-order chi connectivity index (χ1) is 11.5. The van der Waals surface area contributed by atoms with Crippen LogP contribution in [0.25, 0.3) is 0 Å². The van der Waals surface area contributed by atoms with E-state index in [-0.39, 0.29) is 22.7 Å². The van der Waals surface area contributed by atoms with Gasteiger partial charge in [-0.2, -0.15) is 0 Å². The number of nitrogens with zero attached hydrogens (tertiary/aromatic N) is 1. The quantitative estimate of drug-likeness (QED) is 0.865. The summed E-state index contributed by atoms with van der Waals surface area (Å²) >= 11 is 1.44. The lowest BCUT2D eigenvalue weighted by Gasteiger charge is -2.28. The Morgan fingerprint density at radius 2 is 1.88 bits per heavy atom. The highest BCUT2D eigenvalue weighted by Gasteiger charge is 2.28. The van der Waals surface area contributed by atoms with Crippen molar-refractivity contribution in [2.24, 2.45) is 0 Å². The number of hydrogen-bond acceptors (Lipinski definition) is 5. The second-order valence-corrected chi connectivity index (χ2v) is 10.00. The van der Waals surface area contributed by atoms with Crippen LogP contribution in [-0.2, 0) is 14.6 Å². The minimum atomic E-state index is -2.88. The summed E-state index contributed by atoms with van der Waals surface area (Å²) in [5.41, 5.74) is 2.00. The Hall–Kier alpha value is -1.21. The SMILES string of the molecule is O=C(CS[C@@H]1CCS(=O)(=O)C1)Nc1ccc(N2CCCCC2)cc1. The number of anilines is 2. The summed E-state index contributed by atoms with van der Waals surface area (Å²) in [6.45, 7) is 2.21. The molecule has 1 amide bonds. The number of carbonyl (C=O) groups excluding carboxylic acids is 1. The predicted octanol–water partition coefficient (Wildman–Crippen LogP) is 2.54. The number of piperidine rings is 1. The van der Waals surface area contributed by atoms with Crippen molar-refractivity contribution in [3.05, 3.63) is 24.3 Å². The molecular formula is C17H24N2O3S2. The van der Waals surface area contributed by atoms with E-state index in [1.165, 1.54) is 36.7 Å². The molecule has 1 atom stereocenters. The molecule has 1 N–H and O–H groups in total. The van der Waals surface area contributed by atoms with Gasteiger partial charge >= 0.3 is 0 Å². The fraction of sp³-hybridized carbons (Fsp3) is 0.588. The molecule has 2 heterocycles. The van der Waals surface area contributed by atoms with E-state index in [2.05, 4.69) is 22.3 Å². The molecule has 3 rings (SSSR count). The minimum Gasteiger partial charge on any atom is -0.372 e. The van der Waals surface area contributed by atoms with E-state index >= 15 is 0 Å². The zero-order valence-corrected chi connectivity index (χ0v) is 15.4. The molecule has 0 aromatic heterocycles. The summed E-state index contributed by atoms with van der Waals surface area (Å²) < 4.78 is 22.8. The first-order valence-electron chi connectivity index (χ1n) is 8.49. The lowest BCUT2D eigenvalue weighted by Crippen LogP contribution is -2.29. The van der Waals surface area contributed by atoms with Crippen LogP contribution in [0.1, 0.15) is 25.7 Å². The van der Waals surface area contributed by atoms with Gasteiger partial charge < -0.3 is 10.2 Å². The number of nitrogens with one attached hydrogen (secondary N) is 1. The van der Waals surface area contributed by atoms with E-state index in [1.54, 1.807) is 0 Å². The van der Waals surface area contributed by atoms with Crippen molar-refractivity contribution in [1.29, 1.82) is 0 Å². The van der Waals surface area contributed by atoms with Crippen molar-refractivity contribution in [2.75, 3.05) is 40.6 Å². The zero-order chi connectivity index (χ0) is 17.0. The summed E-state index contributed by atoms with van der Waals surface area (Å²) in [7, 11) is -2.88. The van der Waals surface area contributed by atoms with E-state index in [0.29, 0.717) is 12.2 Å². The number of hydrogen-bond donors (Lipinski definition) is 1. The third kappa shape index (κ3) is 4.89. The van der Waals surface area contributed by atoms with Crippen molar-refractivity contribution < 1.29 is 13.2 Å². The number of sulfone groups is 1.